The smallest absolute Gasteiger partial charge is 0.330 e. The number of anilines is 2. The predicted octanol–water partition coefficient (Wildman–Crippen LogP) is 4.98. The minimum absolute atomic E-state index is 0.0151. The van der Waals surface area contributed by atoms with Crippen molar-refractivity contribution in [3.05, 3.63) is 89.0 Å². The molecule has 0 radical (unpaired) electrons. The molecule has 0 saturated heterocycles. The summed E-state index contributed by atoms with van der Waals surface area (Å²) in [6.07, 6.45) is 2.36. The molecule has 0 fully saturated rings. The van der Waals surface area contributed by atoms with Crippen LogP contribution in [0.5, 0.6) is 0 Å². The van der Waals surface area contributed by atoms with Crippen LogP contribution in [-0.4, -0.2) is 38.5 Å². The normalized spacial score (nSPS) is 11.8. The number of hydrogen-bond donors (Lipinski definition) is 3. The van der Waals surface area contributed by atoms with E-state index in [-0.39, 0.29) is 5.56 Å². The Morgan fingerprint density at radius 1 is 1.12 bits per heavy atom. The number of hydrogen-bond acceptors (Lipinski definition) is 6. The van der Waals surface area contributed by atoms with Gasteiger partial charge in [0.05, 0.1) is 7.11 Å². The van der Waals surface area contributed by atoms with Gasteiger partial charge in [-0.1, -0.05) is 18.2 Å². The molecule has 0 heterocycles. The van der Waals surface area contributed by atoms with Crippen molar-refractivity contribution in [1.29, 1.82) is 5.41 Å². The molecule has 0 spiro atoms. The summed E-state index contributed by atoms with van der Waals surface area (Å²) in [5, 5.41) is 21.4. The summed E-state index contributed by atoms with van der Waals surface area (Å²) in [6, 6.07) is 13.8. The van der Waals surface area contributed by atoms with Gasteiger partial charge < -0.3 is 25.5 Å². The van der Waals surface area contributed by atoms with E-state index in [1.54, 1.807) is 31.3 Å². The van der Waals surface area contributed by atoms with Gasteiger partial charge in [-0.2, -0.15) is 0 Å². The Balaban J connectivity index is 1.88. The molecule has 3 rings (SSSR count). The fourth-order valence-corrected chi connectivity index (χ4v) is 3.48. The van der Waals surface area contributed by atoms with E-state index in [4.69, 9.17) is 5.41 Å². The van der Waals surface area contributed by atoms with Crippen molar-refractivity contribution in [2.75, 3.05) is 31.4 Å². The van der Waals surface area contributed by atoms with Crippen molar-refractivity contribution in [1.82, 2.24) is 0 Å². The standard InChI is InChI=1S/C26H25F2N3O3/c1-30-24-8-6-17(12-19(24)15-29)18-5-7-22(23(28)13-18)26(33)31(2)21-11-16(10-20(27)14-21)4-9-25(32)34-3/h4-15,26,29-30,33H,1-3H3/b9-4+,29-15?. The van der Waals surface area contributed by atoms with Crippen molar-refractivity contribution in [2.24, 2.45) is 0 Å². The Labute approximate surface area is 196 Å². The third-order valence-corrected chi connectivity index (χ3v) is 5.38. The zero-order valence-corrected chi connectivity index (χ0v) is 19.0. The molecule has 0 aliphatic carbocycles. The van der Waals surface area contributed by atoms with Crippen LogP contribution >= 0.6 is 0 Å². The first-order valence-corrected chi connectivity index (χ1v) is 10.4. The van der Waals surface area contributed by atoms with Crippen molar-refractivity contribution in [3.8, 4) is 11.1 Å². The molecule has 34 heavy (non-hydrogen) atoms. The highest BCUT2D eigenvalue weighted by molar-refractivity contribution is 5.88. The number of benzene rings is 3. The number of carbonyl (C=O) groups is 1. The lowest BCUT2D eigenvalue weighted by molar-refractivity contribution is -0.134. The first-order valence-electron chi connectivity index (χ1n) is 10.4. The highest BCUT2D eigenvalue weighted by Crippen LogP contribution is 2.31. The van der Waals surface area contributed by atoms with Gasteiger partial charge in [0.25, 0.3) is 0 Å². The Hall–Kier alpha value is -4.04. The lowest BCUT2D eigenvalue weighted by Gasteiger charge is -2.27. The third-order valence-electron chi connectivity index (χ3n) is 5.38. The SMILES string of the molecule is CNc1ccc(-c2ccc(C(O)N(C)c3cc(F)cc(/C=C/C(=O)OC)c3)c(F)c2)cc1C=N. The maximum atomic E-state index is 15.0. The van der Waals surface area contributed by atoms with Crippen LogP contribution in [0.25, 0.3) is 17.2 Å². The zero-order chi connectivity index (χ0) is 24.8. The second-order valence-corrected chi connectivity index (χ2v) is 7.52. The molecule has 0 bridgehead atoms. The molecule has 0 saturated carbocycles. The Morgan fingerprint density at radius 3 is 2.47 bits per heavy atom. The van der Waals surface area contributed by atoms with E-state index in [0.717, 1.165) is 17.3 Å². The summed E-state index contributed by atoms with van der Waals surface area (Å²) in [5.41, 5.74) is 3.43. The molecule has 176 valence electrons. The summed E-state index contributed by atoms with van der Waals surface area (Å²) in [7, 11) is 4.50. The Bertz CT molecular complexity index is 1240. The number of methoxy groups -OCH3 is 1. The quantitative estimate of drug-likeness (QED) is 0.189. The summed E-state index contributed by atoms with van der Waals surface area (Å²) in [4.78, 5) is 12.6. The molecular weight excluding hydrogens is 440 g/mol. The van der Waals surface area contributed by atoms with E-state index in [1.807, 2.05) is 6.07 Å². The second kappa shape index (κ2) is 10.7. The van der Waals surface area contributed by atoms with Crippen LogP contribution < -0.4 is 10.2 Å². The first-order chi connectivity index (χ1) is 16.3. The molecule has 0 amide bonds. The molecule has 3 aromatic carbocycles. The van der Waals surface area contributed by atoms with Crippen LogP contribution in [0.4, 0.5) is 20.2 Å². The summed E-state index contributed by atoms with van der Waals surface area (Å²) in [6.45, 7) is 0. The molecule has 0 aliphatic rings. The summed E-state index contributed by atoms with van der Waals surface area (Å²) < 4.78 is 33.7. The van der Waals surface area contributed by atoms with Gasteiger partial charge in [0, 0.05) is 48.9 Å². The van der Waals surface area contributed by atoms with Gasteiger partial charge in [-0.3, -0.25) is 0 Å². The number of nitrogens with zero attached hydrogens (tertiary/aromatic N) is 1. The van der Waals surface area contributed by atoms with Crippen LogP contribution in [0, 0.1) is 17.0 Å². The van der Waals surface area contributed by atoms with Crippen LogP contribution in [0.3, 0.4) is 0 Å². The highest BCUT2D eigenvalue weighted by atomic mass is 19.1. The summed E-state index contributed by atoms with van der Waals surface area (Å²) in [5.74, 6) is -1.80. The van der Waals surface area contributed by atoms with Crippen molar-refractivity contribution < 1.29 is 23.4 Å². The van der Waals surface area contributed by atoms with Gasteiger partial charge in [0.15, 0.2) is 6.23 Å². The Morgan fingerprint density at radius 2 is 1.82 bits per heavy atom. The van der Waals surface area contributed by atoms with Gasteiger partial charge in [-0.05, 0) is 59.2 Å². The van der Waals surface area contributed by atoms with Crippen molar-refractivity contribution in [2.45, 2.75) is 6.23 Å². The number of carbonyl (C=O) groups excluding carboxylic acids is 1. The maximum Gasteiger partial charge on any atom is 0.330 e. The average Bonchev–Trinajstić information content (AvgIpc) is 2.85. The van der Waals surface area contributed by atoms with Crippen molar-refractivity contribution >= 4 is 29.6 Å². The fourth-order valence-electron chi connectivity index (χ4n) is 3.48. The van der Waals surface area contributed by atoms with E-state index in [1.165, 1.54) is 55.6 Å². The number of aliphatic hydroxyl groups excluding tert-OH is 1. The zero-order valence-electron chi connectivity index (χ0n) is 19.0. The molecule has 3 aromatic rings. The van der Waals surface area contributed by atoms with Crippen LogP contribution in [0.1, 0.15) is 22.9 Å². The molecule has 0 aromatic heterocycles. The highest BCUT2D eigenvalue weighted by Gasteiger charge is 2.20. The monoisotopic (exact) mass is 465 g/mol. The van der Waals surface area contributed by atoms with Crippen molar-refractivity contribution in [3.63, 3.8) is 0 Å². The van der Waals surface area contributed by atoms with E-state index < -0.39 is 23.8 Å². The number of rotatable bonds is 8. The fraction of sp³-hybridized carbons (Fsp3) is 0.154. The number of nitrogens with one attached hydrogen (secondary N) is 2. The first kappa shape index (κ1) is 24.6. The van der Waals surface area contributed by atoms with Gasteiger partial charge in [-0.25, -0.2) is 13.6 Å². The second-order valence-electron chi connectivity index (χ2n) is 7.52. The lowest BCUT2D eigenvalue weighted by atomic mass is 10.00. The molecule has 1 unspecified atom stereocenters. The van der Waals surface area contributed by atoms with Crippen LogP contribution in [0.2, 0.25) is 0 Å². The maximum absolute atomic E-state index is 15.0. The minimum atomic E-state index is -1.39. The number of aliphatic hydroxyl groups is 1. The largest absolute Gasteiger partial charge is 0.466 e. The lowest BCUT2D eigenvalue weighted by Crippen LogP contribution is -2.24. The molecule has 0 aliphatic heterocycles. The van der Waals surface area contributed by atoms with Gasteiger partial charge >= 0.3 is 5.97 Å². The number of ether oxygens (including phenoxy) is 1. The minimum Gasteiger partial charge on any atom is -0.466 e. The predicted molar refractivity (Wildman–Crippen MR) is 130 cm³/mol. The molecule has 6 nitrogen and oxygen atoms in total. The number of halogens is 2. The molecular formula is C26H25F2N3O3. The van der Waals surface area contributed by atoms with E-state index in [9.17, 15) is 14.3 Å². The third kappa shape index (κ3) is 5.47. The topological polar surface area (TPSA) is 85.7 Å². The van der Waals surface area contributed by atoms with E-state index in [2.05, 4.69) is 10.1 Å². The average molecular weight is 466 g/mol. The summed E-state index contributed by atoms with van der Waals surface area (Å²) >= 11 is 0. The Kier molecular flexibility index (Phi) is 7.75. The van der Waals surface area contributed by atoms with Crippen LogP contribution in [-0.2, 0) is 9.53 Å². The van der Waals surface area contributed by atoms with Gasteiger partial charge in [-0.15, -0.1) is 0 Å². The molecule has 8 heteroatoms. The number of esters is 1. The van der Waals surface area contributed by atoms with E-state index >= 15 is 4.39 Å². The molecule has 1 atom stereocenters. The molecule has 3 N–H and O–H groups in total. The van der Waals surface area contributed by atoms with Crippen LogP contribution in [0.15, 0.2) is 60.7 Å². The van der Waals surface area contributed by atoms with Gasteiger partial charge in [0.1, 0.15) is 11.6 Å². The van der Waals surface area contributed by atoms with Gasteiger partial charge in [0.2, 0.25) is 0 Å². The van der Waals surface area contributed by atoms with E-state index in [0.29, 0.717) is 22.4 Å².